The quantitative estimate of drug-likeness (QED) is 0.545. The molecule has 1 atom stereocenters. The number of hydrogen-bond donors (Lipinski definition) is 2. The highest BCUT2D eigenvalue weighted by atomic mass is 15.2. The lowest BCUT2D eigenvalue weighted by Gasteiger charge is -2.13. The molecule has 0 spiro atoms. The van der Waals surface area contributed by atoms with E-state index in [-0.39, 0.29) is 0 Å². The predicted molar refractivity (Wildman–Crippen MR) is 56.3 cm³/mol. The highest BCUT2D eigenvalue weighted by Gasteiger charge is 2.03. The molecule has 0 fully saturated rings. The minimum atomic E-state index is 0.391. The van der Waals surface area contributed by atoms with Crippen LogP contribution in [0.25, 0.3) is 0 Å². The standard InChI is InChI=1S/C11H18N2/c1-3-11(13-12)8-10-6-4-9(2)5-7-10/h4-7,11,13H,3,8,12H2,1-2H3. The van der Waals surface area contributed by atoms with E-state index in [9.17, 15) is 0 Å². The molecule has 0 heterocycles. The lowest BCUT2D eigenvalue weighted by Crippen LogP contribution is -2.36. The van der Waals surface area contributed by atoms with E-state index < -0.39 is 0 Å². The maximum atomic E-state index is 5.41. The largest absolute Gasteiger partial charge is 0.271 e. The van der Waals surface area contributed by atoms with Gasteiger partial charge in [-0.05, 0) is 25.3 Å². The summed E-state index contributed by atoms with van der Waals surface area (Å²) in [7, 11) is 0. The normalized spacial score (nSPS) is 12.8. The third-order valence-corrected chi connectivity index (χ3v) is 2.33. The van der Waals surface area contributed by atoms with Gasteiger partial charge in [0, 0.05) is 6.04 Å². The second kappa shape index (κ2) is 5.00. The maximum Gasteiger partial charge on any atom is 0.0248 e. The summed E-state index contributed by atoms with van der Waals surface area (Å²) in [4.78, 5) is 0. The average Bonchev–Trinajstić information content (AvgIpc) is 2.17. The van der Waals surface area contributed by atoms with Gasteiger partial charge in [-0.1, -0.05) is 36.8 Å². The molecular weight excluding hydrogens is 160 g/mol. The van der Waals surface area contributed by atoms with Crippen LogP contribution in [-0.2, 0) is 6.42 Å². The molecule has 72 valence electrons. The van der Waals surface area contributed by atoms with Crippen LogP contribution in [0, 0.1) is 6.92 Å². The zero-order valence-corrected chi connectivity index (χ0v) is 8.38. The van der Waals surface area contributed by atoms with Gasteiger partial charge in [-0.15, -0.1) is 0 Å². The fraction of sp³-hybridized carbons (Fsp3) is 0.455. The molecule has 1 aromatic rings. The van der Waals surface area contributed by atoms with Gasteiger partial charge < -0.3 is 0 Å². The van der Waals surface area contributed by atoms with Crippen molar-refractivity contribution in [2.24, 2.45) is 5.84 Å². The lowest BCUT2D eigenvalue weighted by atomic mass is 10.0. The third-order valence-electron chi connectivity index (χ3n) is 2.33. The Hall–Kier alpha value is -0.860. The minimum absolute atomic E-state index is 0.391. The molecule has 1 rings (SSSR count). The second-order valence-corrected chi connectivity index (χ2v) is 3.46. The zero-order chi connectivity index (χ0) is 9.68. The number of nitrogens with one attached hydrogen (secondary N) is 1. The number of benzene rings is 1. The van der Waals surface area contributed by atoms with Crippen LogP contribution in [0.4, 0.5) is 0 Å². The first-order valence-corrected chi connectivity index (χ1v) is 4.78. The molecular formula is C11H18N2. The first-order chi connectivity index (χ1) is 6.26. The monoisotopic (exact) mass is 178 g/mol. The number of hydrogen-bond acceptors (Lipinski definition) is 2. The van der Waals surface area contributed by atoms with Gasteiger partial charge in [-0.25, -0.2) is 0 Å². The molecule has 0 aliphatic heterocycles. The third kappa shape index (κ3) is 3.17. The number of aryl methyl sites for hydroxylation is 1. The fourth-order valence-corrected chi connectivity index (χ4v) is 1.33. The van der Waals surface area contributed by atoms with Crippen molar-refractivity contribution in [3.63, 3.8) is 0 Å². The Morgan fingerprint density at radius 3 is 2.38 bits per heavy atom. The van der Waals surface area contributed by atoms with Gasteiger partial charge in [0.1, 0.15) is 0 Å². The van der Waals surface area contributed by atoms with Crippen molar-refractivity contribution in [3.8, 4) is 0 Å². The molecule has 0 saturated heterocycles. The highest BCUT2D eigenvalue weighted by Crippen LogP contribution is 2.07. The summed E-state index contributed by atoms with van der Waals surface area (Å²) in [6.07, 6.45) is 2.07. The summed E-state index contributed by atoms with van der Waals surface area (Å²) >= 11 is 0. The molecule has 1 unspecified atom stereocenters. The average molecular weight is 178 g/mol. The highest BCUT2D eigenvalue weighted by molar-refractivity contribution is 5.21. The van der Waals surface area contributed by atoms with Crippen molar-refractivity contribution < 1.29 is 0 Å². The number of rotatable bonds is 4. The van der Waals surface area contributed by atoms with E-state index in [1.165, 1.54) is 11.1 Å². The van der Waals surface area contributed by atoms with E-state index >= 15 is 0 Å². The van der Waals surface area contributed by atoms with Crippen LogP contribution in [0.1, 0.15) is 24.5 Å². The Morgan fingerprint density at radius 1 is 1.31 bits per heavy atom. The molecule has 0 bridgehead atoms. The van der Waals surface area contributed by atoms with E-state index in [2.05, 4.69) is 43.5 Å². The van der Waals surface area contributed by atoms with Gasteiger partial charge in [0.2, 0.25) is 0 Å². The van der Waals surface area contributed by atoms with E-state index in [0.717, 1.165) is 12.8 Å². The van der Waals surface area contributed by atoms with Crippen molar-refractivity contribution in [2.75, 3.05) is 0 Å². The molecule has 0 amide bonds. The second-order valence-electron chi connectivity index (χ2n) is 3.46. The Bertz CT molecular complexity index is 237. The van der Waals surface area contributed by atoms with Gasteiger partial charge in [0.05, 0.1) is 0 Å². The first kappa shape index (κ1) is 10.2. The van der Waals surface area contributed by atoms with Gasteiger partial charge in [0.25, 0.3) is 0 Å². The van der Waals surface area contributed by atoms with E-state index in [1.54, 1.807) is 0 Å². The van der Waals surface area contributed by atoms with Crippen LogP contribution in [0.15, 0.2) is 24.3 Å². The first-order valence-electron chi connectivity index (χ1n) is 4.78. The summed E-state index contributed by atoms with van der Waals surface area (Å²) in [5.41, 5.74) is 5.46. The van der Waals surface area contributed by atoms with Crippen LogP contribution >= 0.6 is 0 Å². The summed E-state index contributed by atoms with van der Waals surface area (Å²) in [5, 5.41) is 0. The molecule has 2 heteroatoms. The van der Waals surface area contributed by atoms with Crippen molar-refractivity contribution in [3.05, 3.63) is 35.4 Å². The van der Waals surface area contributed by atoms with Crippen molar-refractivity contribution >= 4 is 0 Å². The van der Waals surface area contributed by atoms with Gasteiger partial charge >= 0.3 is 0 Å². The van der Waals surface area contributed by atoms with Gasteiger partial charge in [0.15, 0.2) is 0 Å². The van der Waals surface area contributed by atoms with Crippen molar-refractivity contribution in [2.45, 2.75) is 32.7 Å². The van der Waals surface area contributed by atoms with Crippen LogP contribution in [-0.4, -0.2) is 6.04 Å². The van der Waals surface area contributed by atoms with E-state index in [4.69, 9.17) is 5.84 Å². The Labute approximate surface area is 80.1 Å². The summed E-state index contributed by atoms with van der Waals surface area (Å²) < 4.78 is 0. The predicted octanol–water partition coefficient (Wildman–Crippen LogP) is 1.78. The van der Waals surface area contributed by atoms with Crippen molar-refractivity contribution in [1.29, 1.82) is 0 Å². The van der Waals surface area contributed by atoms with Crippen LogP contribution in [0.2, 0.25) is 0 Å². The Kier molecular flexibility index (Phi) is 3.93. The van der Waals surface area contributed by atoms with Gasteiger partial charge in [-0.3, -0.25) is 11.3 Å². The molecule has 3 N–H and O–H groups in total. The number of nitrogens with two attached hydrogens (primary N) is 1. The molecule has 1 aromatic carbocycles. The Balaban J connectivity index is 2.58. The SMILES string of the molecule is CCC(Cc1ccc(C)cc1)NN. The molecule has 0 saturated carbocycles. The topological polar surface area (TPSA) is 38.0 Å². The maximum absolute atomic E-state index is 5.41. The lowest BCUT2D eigenvalue weighted by molar-refractivity contribution is 0.511. The molecule has 0 aliphatic carbocycles. The smallest absolute Gasteiger partial charge is 0.0248 e. The summed E-state index contributed by atoms with van der Waals surface area (Å²) in [6.45, 7) is 4.24. The van der Waals surface area contributed by atoms with Crippen LogP contribution in [0.5, 0.6) is 0 Å². The van der Waals surface area contributed by atoms with Crippen LogP contribution in [0.3, 0.4) is 0 Å². The van der Waals surface area contributed by atoms with Crippen molar-refractivity contribution in [1.82, 2.24) is 5.43 Å². The molecule has 0 aliphatic rings. The van der Waals surface area contributed by atoms with E-state index in [0.29, 0.717) is 6.04 Å². The van der Waals surface area contributed by atoms with E-state index in [1.807, 2.05) is 0 Å². The molecule has 0 aromatic heterocycles. The minimum Gasteiger partial charge on any atom is -0.271 e. The summed E-state index contributed by atoms with van der Waals surface area (Å²) in [6, 6.07) is 8.99. The van der Waals surface area contributed by atoms with Gasteiger partial charge in [-0.2, -0.15) is 0 Å². The zero-order valence-electron chi connectivity index (χ0n) is 8.38. The van der Waals surface area contributed by atoms with Crippen LogP contribution < -0.4 is 11.3 Å². The number of hydrazine groups is 1. The molecule has 0 radical (unpaired) electrons. The summed E-state index contributed by atoms with van der Waals surface area (Å²) in [5.74, 6) is 5.41. The Morgan fingerprint density at radius 2 is 1.92 bits per heavy atom. The fourth-order valence-electron chi connectivity index (χ4n) is 1.33. The molecule has 13 heavy (non-hydrogen) atoms. The molecule has 2 nitrogen and oxygen atoms in total.